The molecule has 1 nitrogen and oxygen atoms in total. The summed E-state index contributed by atoms with van der Waals surface area (Å²) in [5.41, 5.74) is 8.91. The van der Waals surface area contributed by atoms with Gasteiger partial charge < -0.3 is 4.90 Å². The summed E-state index contributed by atoms with van der Waals surface area (Å²) in [5, 5.41) is 11.0. The van der Waals surface area contributed by atoms with Crippen molar-refractivity contribution in [2.24, 2.45) is 0 Å². The highest BCUT2D eigenvalue weighted by Crippen LogP contribution is 2.47. The van der Waals surface area contributed by atoms with Crippen molar-refractivity contribution in [3.8, 4) is 22.3 Å². The SMILES string of the molecule is C[Si]1(C)c2cc(N(c3cccc(-c4ccc5ccccc5c4)c3)c3cccc4c3sc3ccccc34)ccc2-c2c1ccc1sc3ccccc3c21. The van der Waals surface area contributed by atoms with Crippen LogP contribution in [0.15, 0.2) is 164 Å². The van der Waals surface area contributed by atoms with Crippen LogP contribution < -0.4 is 15.3 Å². The number of rotatable bonds is 4. The molecule has 10 aromatic rings. The lowest BCUT2D eigenvalue weighted by Crippen LogP contribution is -2.49. The standard InChI is InChI=1S/C48H33NS2Si/c1-52(2)44-26-25-43-46(38-16-6-8-20-42(38)50-43)47(44)39-24-23-35(29-45(39)52)49(40-18-10-17-37-36-15-5-7-19-41(36)51-48(37)40)34-14-9-13-32(28-34)33-22-21-30-11-3-4-12-31(30)27-33/h3-29H,1-2H3. The van der Waals surface area contributed by atoms with E-state index in [1.807, 2.05) is 22.7 Å². The first-order valence-electron chi connectivity index (χ1n) is 17.9. The summed E-state index contributed by atoms with van der Waals surface area (Å²) in [6.45, 7) is 5.08. The molecule has 0 fully saturated rings. The van der Waals surface area contributed by atoms with Gasteiger partial charge in [-0.1, -0.05) is 122 Å². The quantitative estimate of drug-likeness (QED) is 0.164. The zero-order valence-electron chi connectivity index (χ0n) is 28.9. The normalized spacial score (nSPS) is 13.3. The Morgan fingerprint density at radius 2 is 1.17 bits per heavy atom. The predicted octanol–water partition coefficient (Wildman–Crippen LogP) is 13.5. The highest BCUT2D eigenvalue weighted by atomic mass is 32.1. The van der Waals surface area contributed by atoms with Crippen LogP contribution in [-0.2, 0) is 0 Å². The largest absolute Gasteiger partial charge is 0.309 e. The van der Waals surface area contributed by atoms with Crippen LogP contribution in [0.3, 0.4) is 0 Å². The van der Waals surface area contributed by atoms with Crippen molar-refractivity contribution in [2.45, 2.75) is 13.1 Å². The number of fused-ring (bicyclic) bond motifs is 11. The van der Waals surface area contributed by atoms with Gasteiger partial charge >= 0.3 is 0 Å². The molecular weight excluding hydrogens is 683 g/mol. The second-order valence-electron chi connectivity index (χ2n) is 14.5. The first kappa shape index (κ1) is 30.1. The molecule has 0 atom stereocenters. The van der Waals surface area contributed by atoms with E-state index in [0.717, 1.165) is 5.69 Å². The van der Waals surface area contributed by atoms with Gasteiger partial charge in [-0.25, -0.2) is 0 Å². The van der Waals surface area contributed by atoms with Gasteiger partial charge in [-0.15, -0.1) is 22.7 Å². The number of nitrogens with zero attached hydrogens (tertiary/aromatic N) is 1. The van der Waals surface area contributed by atoms with E-state index < -0.39 is 8.07 Å². The third-order valence-electron chi connectivity index (χ3n) is 11.2. The molecule has 0 saturated carbocycles. The van der Waals surface area contributed by atoms with E-state index in [4.69, 9.17) is 0 Å². The molecule has 3 heterocycles. The molecule has 0 saturated heterocycles. The minimum atomic E-state index is -2.03. The third-order valence-corrected chi connectivity index (χ3v) is 17.1. The Morgan fingerprint density at radius 3 is 2.06 bits per heavy atom. The molecule has 1 aliphatic heterocycles. The van der Waals surface area contributed by atoms with Gasteiger partial charge in [-0.2, -0.15) is 0 Å². The van der Waals surface area contributed by atoms with Crippen molar-refractivity contribution in [3.63, 3.8) is 0 Å². The second-order valence-corrected chi connectivity index (χ2v) is 21.0. The fourth-order valence-corrected chi connectivity index (χ4v) is 14.1. The number of benzene rings is 8. The predicted molar refractivity (Wildman–Crippen MR) is 232 cm³/mol. The van der Waals surface area contributed by atoms with Crippen LogP contribution >= 0.6 is 22.7 Å². The van der Waals surface area contributed by atoms with E-state index in [1.165, 1.54) is 89.9 Å². The summed E-state index contributed by atoms with van der Waals surface area (Å²) in [4.78, 5) is 2.52. The monoisotopic (exact) mass is 715 g/mol. The molecule has 0 radical (unpaired) electrons. The summed E-state index contributed by atoms with van der Waals surface area (Å²) in [6.07, 6.45) is 0. The fourth-order valence-electron chi connectivity index (χ4n) is 8.70. The number of thiophene rings is 2. The van der Waals surface area contributed by atoms with Gasteiger partial charge in [-0.05, 0) is 98.0 Å². The highest BCUT2D eigenvalue weighted by molar-refractivity contribution is 7.26. The van der Waals surface area contributed by atoms with Gasteiger partial charge in [0.15, 0.2) is 0 Å². The Bertz CT molecular complexity index is 3080. The zero-order valence-corrected chi connectivity index (χ0v) is 31.5. The molecule has 2 aromatic heterocycles. The van der Waals surface area contributed by atoms with Crippen molar-refractivity contribution in [1.29, 1.82) is 0 Å². The third kappa shape index (κ3) is 4.38. The van der Waals surface area contributed by atoms with Crippen molar-refractivity contribution in [3.05, 3.63) is 164 Å². The molecule has 1 aliphatic rings. The molecule has 11 rings (SSSR count). The Balaban J connectivity index is 1.14. The maximum absolute atomic E-state index is 2.54. The lowest BCUT2D eigenvalue weighted by Gasteiger charge is -2.28. The summed E-state index contributed by atoms with van der Waals surface area (Å²) in [5.74, 6) is 0. The van der Waals surface area contributed by atoms with E-state index in [-0.39, 0.29) is 0 Å². The Labute approximate surface area is 311 Å². The first-order valence-corrected chi connectivity index (χ1v) is 22.6. The Hall–Kier alpha value is -5.52. The van der Waals surface area contributed by atoms with Crippen LogP contribution in [0, 0.1) is 0 Å². The summed E-state index contributed by atoms with van der Waals surface area (Å²) >= 11 is 3.81. The van der Waals surface area contributed by atoms with Crippen molar-refractivity contribution in [1.82, 2.24) is 0 Å². The van der Waals surface area contributed by atoms with Crippen molar-refractivity contribution < 1.29 is 0 Å². The number of hydrogen-bond donors (Lipinski definition) is 0. The van der Waals surface area contributed by atoms with E-state index >= 15 is 0 Å². The van der Waals surface area contributed by atoms with Crippen LogP contribution in [0.25, 0.3) is 73.4 Å². The van der Waals surface area contributed by atoms with E-state index in [0.29, 0.717) is 0 Å². The maximum Gasteiger partial charge on any atom is 0.113 e. The van der Waals surface area contributed by atoms with E-state index in [2.05, 4.69) is 182 Å². The second kappa shape index (κ2) is 11.2. The molecular formula is C48H33NS2Si. The minimum absolute atomic E-state index is 1.16. The number of anilines is 3. The molecule has 246 valence electrons. The lowest BCUT2D eigenvalue weighted by atomic mass is 9.98. The maximum atomic E-state index is 2.54. The average molecular weight is 716 g/mol. The Kier molecular flexibility index (Phi) is 6.51. The van der Waals surface area contributed by atoms with Gasteiger partial charge in [0, 0.05) is 47.0 Å². The summed E-state index contributed by atoms with van der Waals surface area (Å²) < 4.78 is 5.38. The lowest BCUT2D eigenvalue weighted by molar-refractivity contribution is 1.30. The molecule has 4 heteroatoms. The molecule has 0 aliphatic carbocycles. The van der Waals surface area contributed by atoms with Crippen LogP contribution in [-0.4, -0.2) is 8.07 Å². The van der Waals surface area contributed by atoms with E-state index in [1.54, 1.807) is 5.19 Å². The van der Waals surface area contributed by atoms with Crippen LogP contribution in [0.4, 0.5) is 17.1 Å². The van der Waals surface area contributed by atoms with Crippen molar-refractivity contribution in [2.75, 3.05) is 4.90 Å². The molecule has 0 amide bonds. The van der Waals surface area contributed by atoms with Crippen LogP contribution in [0.5, 0.6) is 0 Å². The molecule has 0 unspecified atom stereocenters. The molecule has 0 bridgehead atoms. The average Bonchev–Trinajstić information content (AvgIpc) is 3.83. The number of hydrogen-bond acceptors (Lipinski definition) is 3. The van der Waals surface area contributed by atoms with Crippen molar-refractivity contribution >= 4 is 109 Å². The van der Waals surface area contributed by atoms with Gasteiger partial charge in [0.25, 0.3) is 0 Å². The molecule has 0 spiro atoms. The summed E-state index contributed by atoms with van der Waals surface area (Å²) in [6, 6.07) is 61.3. The van der Waals surface area contributed by atoms with Gasteiger partial charge in [0.1, 0.15) is 8.07 Å². The smallest absolute Gasteiger partial charge is 0.113 e. The topological polar surface area (TPSA) is 3.24 Å². The zero-order chi connectivity index (χ0) is 34.6. The molecule has 52 heavy (non-hydrogen) atoms. The molecule has 0 N–H and O–H groups in total. The van der Waals surface area contributed by atoms with E-state index in [9.17, 15) is 0 Å². The Morgan fingerprint density at radius 1 is 0.462 bits per heavy atom. The molecule has 8 aromatic carbocycles. The minimum Gasteiger partial charge on any atom is -0.309 e. The summed E-state index contributed by atoms with van der Waals surface area (Å²) in [7, 11) is -2.03. The van der Waals surface area contributed by atoms with Gasteiger partial charge in [0.2, 0.25) is 0 Å². The van der Waals surface area contributed by atoms with Crippen LogP contribution in [0.2, 0.25) is 13.1 Å². The fraction of sp³-hybridized carbons (Fsp3) is 0.0417. The van der Waals surface area contributed by atoms with Gasteiger partial charge in [-0.3, -0.25) is 0 Å². The first-order chi connectivity index (χ1) is 25.5. The van der Waals surface area contributed by atoms with Gasteiger partial charge in [0.05, 0.1) is 10.4 Å². The van der Waals surface area contributed by atoms with Crippen LogP contribution in [0.1, 0.15) is 0 Å². The highest BCUT2D eigenvalue weighted by Gasteiger charge is 2.39.